The summed E-state index contributed by atoms with van der Waals surface area (Å²) in [6, 6.07) is 8.88. The number of amides is 1. The van der Waals surface area contributed by atoms with Crippen LogP contribution in [-0.2, 0) is 4.79 Å². The van der Waals surface area contributed by atoms with Gasteiger partial charge >= 0.3 is 0 Å². The molecular weight excluding hydrogens is 430 g/mol. The number of hydrogen-bond donors (Lipinski definition) is 2. The standard InChI is InChI=1S/C22H22ClN7O2/c1-13-9-18(25-19(31)10-14-5-2-3-6-14)30(28-13)22-26-20-17(21(32)27-22)12-24-29(20)16-8-4-7-15(23)11-16/h4,7-9,11-12,14H,2-3,5-6,10H2,1H3,(H,25,31)(H,26,27,32). The maximum atomic E-state index is 12.8. The van der Waals surface area contributed by atoms with Crippen molar-refractivity contribution >= 4 is 34.4 Å². The molecule has 1 amide bonds. The first-order valence-electron chi connectivity index (χ1n) is 10.6. The third-order valence-electron chi connectivity index (χ3n) is 5.73. The van der Waals surface area contributed by atoms with Crippen molar-refractivity contribution in [1.29, 1.82) is 0 Å². The molecule has 0 spiro atoms. The molecule has 5 rings (SSSR count). The molecule has 1 saturated carbocycles. The molecule has 32 heavy (non-hydrogen) atoms. The lowest BCUT2D eigenvalue weighted by molar-refractivity contribution is -0.117. The number of H-pyrrole nitrogens is 1. The monoisotopic (exact) mass is 451 g/mol. The van der Waals surface area contributed by atoms with Crippen LogP contribution in [0.1, 0.15) is 37.8 Å². The molecule has 0 atom stereocenters. The molecule has 0 aliphatic heterocycles. The smallest absolute Gasteiger partial charge is 0.263 e. The second kappa shape index (κ2) is 8.23. The number of nitrogens with one attached hydrogen (secondary N) is 2. The molecule has 3 heterocycles. The summed E-state index contributed by atoms with van der Waals surface area (Å²) in [7, 11) is 0. The summed E-state index contributed by atoms with van der Waals surface area (Å²) in [4.78, 5) is 32.7. The second-order valence-corrected chi connectivity index (χ2v) is 8.59. The summed E-state index contributed by atoms with van der Waals surface area (Å²) < 4.78 is 2.99. The van der Waals surface area contributed by atoms with E-state index in [0.717, 1.165) is 12.8 Å². The Balaban J connectivity index is 1.53. The van der Waals surface area contributed by atoms with Crippen LogP contribution in [0, 0.1) is 12.8 Å². The lowest BCUT2D eigenvalue weighted by Gasteiger charge is -2.11. The fourth-order valence-corrected chi connectivity index (χ4v) is 4.41. The molecular formula is C22H22ClN7O2. The first-order chi connectivity index (χ1) is 15.5. The van der Waals surface area contributed by atoms with Crippen molar-refractivity contribution in [1.82, 2.24) is 29.5 Å². The zero-order valence-corrected chi connectivity index (χ0v) is 18.3. The van der Waals surface area contributed by atoms with E-state index in [1.807, 2.05) is 13.0 Å². The fraction of sp³-hybridized carbons (Fsp3) is 0.318. The largest absolute Gasteiger partial charge is 0.310 e. The minimum absolute atomic E-state index is 0.0644. The van der Waals surface area contributed by atoms with Gasteiger partial charge < -0.3 is 5.32 Å². The number of fused-ring (bicyclic) bond motifs is 1. The Morgan fingerprint density at radius 3 is 2.84 bits per heavy atom. The molecule has 0 unspecified atom stereocenters. The molecule has 9 nitrogen and oxygen atoms in total. The highest BCUT2D eigenvalue weighted by atomic mass is 35.5. The van der Waals surface area contributed by atoms with Gasteiger partial charge in [-0.3, -0.25) is 14.6 Å². The summed E-state index contributed by atoms with van der Waals surface area (Å²) >= 11 is 6.12. The number of aromatic nitrogens is 6. The predicted molar refractivity (Wildman–Crippen MR) is 122 cm³/mol. The Labute approximate surface area is 188 Å². The van der Waals surface area contributed by atoms with Crippen molar-refractivity contribution < 1.29 is 4.79 Å². The van der Waals surface area contributed by atoms with Crippen LogP contribution >= 0.6 is 11.6 Å². The molecule has 0 radical (unpaired) electrons. The van der Waals surface area contributed by atoms with Crippen LogP contribution in [0.3, 0.4) is 0 Å². The average Bonchev–Trinajstić information content (AvgIpc) is 3.48. The molecule has 164 valence electrons. The number of hydrogen-bond acceptors (Lipinski definition) is 5. The lowest BCUT2D eigenvalue weighted by atomic mass is 10.0. The van der Waals surface area contributed by atoms with Gasteiger partial charge in [-0.25, -0.2) is 4.68 Å². The lowest BCUT2D eigenvalue weighted by Crippen LogP contribution is -2.20. The fourth-order valence-electron chi connectivity index (χ4n) is 4.22. The Morgan fingerprint density at radius 2 is 2.06 bits per heavy atom. The number of aryl methyl sites for hydroxylation is 1. The Morgan fingerprint density at radius 1 is 1.25 bits per heavy atom. The van der Waals surface area contributed by atoms with Crippen LogP contribution in [0.15, 0.2) is 41.3 Å². The molecule has 1 fully saturated rings. The van der Waals surface area contributed by atoms with E-state index in [9.17, 15) is 9.59 Å². The number of aromatic amines is 1. The molecule has 0 bridgehead atoms. The van der Waals surface area contributed by atoms with Gasteiger partial charge in [0.1, 0.15) is 11.2 Å². The molecule has 10 heteroatoms. The van der Waals surface area contributed by atoms with E-state index in [1.165, 1.54) is 23.7 Å². The van der Waals surface area contributed by atoms with Crippen molar-refractivity contribution in [3.63, 3.8) is 0 Å². The third-order valence-corrected chi connectivity index (χ3v) is 5.96. The second-order valence-electron chi connectivity index (χ2n) is 8.15. The maximum Gasteiger partial charge on any atom is 0.263 e. The van der Waals surface area contributed by atoms with Crippen LogP contribution in [0.25, 0.3) is 22.7 Å². The zero-order valence-electron chi connectivity index (χ0n) is 17.5. The minimum Gasteiger partial charge on any atom is -0.310 e. The number of halogens is 1. The van der Waals surface area contributed by atoms with Crippen LogP contribution in [0.4, 0.5) is 5.82 Å². The zero-order chi connectivity index (χ0) is 22.2. The quantitative estimate of drug-likeness (QED) is 0.479. The van der Waals surface area contributed by atoms with Gasteiger partial charge in [-0.2, -0.15) is 19.9 Å². The van der Waals surface area contributed by atoms with E-state index < -0.39 is 0 Å². The van der Waals surface area contributed by atoms with Crippen LogP contribution in [0.5, 0.6) is 0 Å². The topological polar surface area (TPSA) is 110 Å². The van der Waals surface area contributed by atoms with Gasteiger partial charge in [-0.15, -0.1) is 0 Å². The SMILES string of the molecule is Cc1cc(NC(=O)CC2CCCC2)n(-c2nc3c(cnn3-c3cccc(Cl)c3)c(=O)[nH]2)n1. The Kier molecular flexibility index (Phi) is 5.26. The highest BCUT2D eigenvalue weighted by molar-refractivity contribution is 6.30. The van der Waals surface area contributed by atoms with E-state index in [4.69, 9.17) is 11.6 Å². The molecule has 0 saturated heterocycles. The molecule has 1 aliphatic rings. The van der Waals surface area contributed by atoms with E-state index in [0.29, 0.717) is 45.6 Å². The highest BCUT2D eigenvalue weighted by Gasteiger charge is 2.21. The van der Waals surface area contributed by atoms with Crippen LogP contribution in [0.2, 0.25) is 5.02 Å². The molecule has 3 aromatic heterocycles. The number of carbonyl (C=O) groups excluding carboxylic acids is 1. The summed E-state index contributed by atoms with van der Waals surface area (Å²) in [5.41, 5.74) is 1.38. The van der Waals surface area contributed by atoms with E-state index in [2.05, 4.69) is 25.5 Å². The molecule has 2 N–H and O–H groups in total. The summed E-state index contributed by atoms with van der Waals surface area (Å²) in [6.45, 7) is 1.82. The summed E-state index contributed by atoms with van der Waals surface area (Å²) in [5, 5.41) is 12.6. The van der Waals surface area contributed by atoms with Gasteiger partial charge in [0, 0.05) is 17.5 Å². The molecule has 4 aromatic rings. The highest BCUT2D eigenvalue weighted by Crippen LogP contribution is 2.28. The van der Waals surface area contributed by atoms with Crippen molar-refractivity contribution in [2.75, 3.05) is 5.32 Å². The van der Waals surface area contributed by atoms with Gasteiger partial charge in [0.25, 0.3) is 5.56 Å². The Bertz CT molecular complexity index is 1360. The first kappa shape index (κ1) is 20.4. The minimum atomic E-state index is -0.352. The number of rotatable bonds is 5. The van der Waals surface area contributed by atoms with Gasteiger partial charge in [-0.05, 0) is 43.9 Å². The summed E-state index contributed by atoms with van der Waals surface area (Å²) in [6.07, 6.45) is 6.48. The van der Waals surface area contributed by atoms with Crippen LogP contribution in [-0.4, -0.2) is 35.4 Å². The van der Waals surface area contributed by atoms with E-state index in [1.54, 1.807) is 28.9 Å². The molecule has 1 aliphatic carbocycles. The number of carbonyl (C=O) groups is 1. The predicted octanol–water partition coefficient (Wildman–Crippen LogP) is 3.78. The van der Waals surface area contributed by atoms with Gasteiger partial charge in [-0.1, -0.05) is 30.5 Å². The number of nitrogens with zero attached hydrogens (tertiary/aromatic N) is 5. The van der Waals surface area contributed by atoms with Gasteiger partial charge in [0.2, 0.25) is 11.9 Å². The number of benzene rings is 1. The maximum absolute atomic E-state index is 12.8. The molecule has 1 aromatic carbocycles. The normalized spacial score (nSPS) is 14.3. The first-order valence-corrected chi connectivity index (χ1v) is 11.0. The van der Waals surface area contributed by atoms with Crippen molar-refractivity contribution in [3.05, 3.63) is 57.6 Å². The van der Waals surface area contributed by atoms with E-state index in [-0.39, 0.29) is 17.4 Å². The van der Waals surface area contributed by atoms with Crippen molar-refractivity contribution in [3.8, 4) is 11.6 Å². The summed E-state index contributed by atoms with van der Waals surface area (Å²) in [5.74, 6) is 1.01. The number of anilines is 1. The van der Waals surface area contributed by atoms with E-state index >= 15 is 0 Å². The van der Waals surface area contributed by atoms with Gasteiger partial charge in [0.05, 0.1) is 17.6 Å². The van der Waals surface area contributed by atoms with Crippen LogP contribution < -0.4 is 10.9 Å². The van der Waals surface area contributed by atoms with Crippen molar-refractivity contribution in [2.24, 2.45) is 5.92 Å². The Hall–Kier alpha value is -3.46. The van der Waals surface area contributed by atoms with Gasteiger partial charge in [0.15, 0.2) is 5.65 Å². The third kappa shape index (κ3) is 3.91. The average molecular weight is 452 g/mol. The van der Waals surface area contributed by atoms with Crippen molar-refractivity contribution in [2.45, 2.75) is 39.0 Å².